The van der Waals surface area contributed by atoms with Crippen molar-refractivity contribution in [2.24, 2.45) is 0 Å². The number of hydrogen-bond acceptors (Lipinski definition) is 3. The van der Waals surface area contributed by atoms with Crippen LogP contribution in [0.2, 0.25) is 0 Å². The lowest BCUT2D eigenvalue weighted by Crippen LogP contribution is -3.00. The van der Waals surface area contributed by atoms with Gasteiger partial charge in [-0.3, -0.25) is 14.5 Å². The third kappa shape index (κ3) is 3.24. The van der Waals surface area contributed by atoms with Crippen LogP contribution in [-0.2, 0) is 0 Å². The van der Waals surface area contributed by atoms with Crippen LogP contribution in [0.4, 0.5) is 0 Å². The zero-order valence-corrected chi connectivity index (χ0v) is 14.6. The molecule has 5 heteroatoms. The largest absolute Gasteiger partial charge is 1.00 e. The molecule has 2 aliphatic rings. The van der Waals surface area contributed by atoms with E-state index in [0.717, 1.165) is 19.4 Å². The SMILES string of the molecule is CN1C=CC=C(CCCN2C(=O)c3ccccc3C2=O)C1.[I-]. The molecule has 0 bridgehead atoms. The van der Waals surface area contributed by atoms with Crippen LogP contribution < -0.4 is 24.0 Å². The highest BCUT2D eigenvalue weighted by atomic mass is 127. The number of fused-ring (bicyclic) bond motifs is 1. The molecule has 0 radical (unpaired) electrons. The van der Waals surface area contributed by atoms with Gasteiger partial charge in [0.15, 0.2) is 0 Å². The third-order valence-corrected chi connectivity index (χ3v) is 3.88. The zero-order chi connectivity index (χ0) is 14.8. The fourth-order valence-corrected chi connectivity index (χ4v) is 2.82. The van der Waals surface area contributed by atoms with E-state index in [1.54, 1.807) is 24.3 Å². The van der Waals surface area contributed by atoms with E-state index in [0.29, 0.717) is 17.7 Å². The van der Waals surface area contributed by atoms with Crippen molar-refractivity contribution in [1.82, 2.24) is 9.80 Å². The number of benzene rings is 1. The van der Waals surface area contributed by atoms with Crippen molar-refractivity contribution in [3.63, 3.8) is 0 Å². The van der Waals surface area contributed by atoms with Crippen molar-refractivity contribution in [2.75, 3.05) is 20.1 Å². The summed E-state index contributed by atoms with van der Waals surface area (Å²) in [5.74, 6) is -0.324. The maximum absolute atomic E-state index is 12.2. The van der Waals surface area contributed by atoms with Crippen molar-refractivity contribution in [3.05, 3.63) is 59.3 Å². The zero-order valence-electron chi connectivity index (χ0n) is 12.5. The molecule has 0 aromatic heterocycles. The lowest BCUT2D eigenvalue weighted by atomic mass is 10.1. The van der Waals surface area contributed by atoms with E-state index in [1.807, 2.05) is 19.3 Å². The second-order valence-corrected chi connectivity index (χ2v) is 5.49. The van der Waals surface area contributed by atoms with Crippen LogP contribution in [0.25, 0.3) is 0 Å². The summed E-state index contributed by atoms with van der Waals surface area (Å²) in [7, 11) is 2.04. The molecule has 2 heterocycles. The average molecular weight is 409 g/mol. The maximum Gasteiger partial charge on any atom is 0.261 e. The maximum atomic E-state index is 12.2. The molecule has 0 spiro atoms. The average Bonchev–Trinajstić information content (AvgIpc) is 2.73. The summed E-state index contributed by atoms with van der Waals surface area (Å²) in [4.78, 5) is 27.9. The molecule has 0 atom stereocenters. The lowest BCUT2D eigenvalue weighted by Gasteiger charge is -2.20. The van der Waals surface area contributed by atoms with Gasteiger partial charge in [-0.25, -0.2) is 0 Å². The Labute approximate surface area is 147 Å². The summed E-state index contributed by atoms with van der Waals surface area (Å²) in [6.45, 7) is 1.40. The lowest BCUT2D eigenvalue weighted by molar-refractivity contribution is -0.0000276. The quantitative estimate of drug-likeness (QED) is 0.495. The minimum atomic E-state index is -0.162. The van der Waals surface area contributed by atoms with E-state index < -0.39 is 0 Å². The first-order valence-corrected chi connectivity index (χ1v) is 7.18. The molecule has 0 unspecified atom stereocenters. The molecular weight excluding hydrogens is 391 g/mol. The van der Waals surface area contributed by atoms with Crippen LogP contribution in [0.1, 0.15) is 33.6 Å². The summed E-state index contributed by atoms with van der Waals surface area (Å²) in [5.41, 5.74) is 2.39. The molecular formula is C17H18IN2O2-. The highest BCUT2D eigenvalue weighted by Gasteiger charge is 2.34. The number of rotatable bonds is 4. The molecule has 0 aliphatic carbocycles. The van der Waals surface area contributed by atoms with Gasteiger partial charge < -0.3 is 28.9 Å². The second kappa shape index (κ2) is 7.09. The minimum absolute atomic E-state index is 0. The molecule has 0 N–H and O–H groups in total. The van der Waals surface area contributed by atoms with E-state index in [9.17, 15) is 9.59 Å². The highest BCUT2D eigenvalue weighted by molar-refractivity contribution is 6.21. The van der Waals surface area contributed by atoms with Crippen molar-refractivity contribution >= 4 is 11.8 Å². The summed E-state index contributed by atoms with van der Waals surface area (Å²) in [5, 5.41) is 0. The molecule has 1 aromatic rings. The number of imide groups is 1. The summed E-state index contributed by atoms with van der Waals surface area (Å²) >= 11 is 0. The van der Waals surface area contributed by atoms with Gasteiger partial charge in [0.1, 0.15) is 0 Å². The van der Waals surface area contributed by atoms with E-state index in [1.165, 1.54) is 10.5 Å². The Morgan fingerprint density at radius 2 is 1.73 bits per heavy atom. The fraction of sp³-hybridized carbons (Fsp3) is 0.294. The van der Waals surface area contributed by atoms with Gasteiger partial charge in [0, 0.05) is 20.1 Å². The van der Waals surface area contributed by atoms with Crippen LogP contribution in [0.5, 0.6) is 0 Å². The number of carbonyl (C=O) groups is 2. The normalized spacial score (nSPS) is 16.5. The van der Waals surface area contributed by atoms with Gasteiger partial charge in [-0.15, -0.1) is 0 Å². The van der Waals surface area contributed by atoms with Gasteiger partial charge in [0.2, 0.25) is 0 Å². The van der Waals surface area contributed by atoms with Crippen molar-refractivity contribution in [3.8, 4) is 0 Å². The predicted molar refractivity (Wildman–Crippen MR) is 80.9 cm³/mol. The van der Waals surface area contributed by atoms with E-state index in [-0.39, 0.29) is 35.8 Å². The molecule has 0 fully saturated rings. The Bertz CT molecular complexity index is 617. The smallest absolute Gasteiger partial charge is 0.261 e. The van der Waals surface area contributed by atoms with Crippen LogP contribution in [0.3, 0.4) is 0 Å². The number of amides is 2. The van der Waals surface area contributed by atoms with Gasteiger partial charge in [-0.05, 0) is 37.3 Å². The summed E-state index contributed by atoms with van der Waals surface area (Å²) < 4.78 is 0. The number of carbonyl (C=O) groups excluding carboxylic acids is 2. The first-order chi connectivity index (χ1) is 10.2. The van der Waals surface area contributed by atoms with E-state index in [2.05, 4.69) is 11.0 Å². The Hall–Kier alpha value is -1.63. The number of hydrogen-bond donors (Lipinski definition) is 0. The summed E-state index contributed by atoms with van der Waals surface area (Å²) in [6, 6.07) is 7.03. The summed E-state index contributed by atoms with van der Waals surface area (Å²) in [6.07, 6.45) is 7.89. The second-order valence-electron chi connectivity index (χ2n) is 5.49. The predicted octanol–water partition coefficient (Wildman–Crippen LogP) is -0.548. The van der Waals surface area contributed by atoms with Gasteiger partial charge >= 0.3 is 0 Å². The van der Waals surface area contributed by atoms with Crippen molar-refractivity contribution in [1.29, 1.82) is 0 Å². The first kappa shape index (κ1) is 16.7. The topological polar surface area (TPSA) is 40.6 Å². The van der Waals surface area contributed by atoms with Crippen LogP contribution in [0, 0.1) is 0 Å². The van der Waals surface area contributed by atoms with Gasteiger partial charge in [-0.1, -0.05) is 23.8 Å². The molecule has 0 saturated carbocycles. The molecule has 116 valence electrons. The highest BCUT2D eigenvalue weighted by Crippen LogP contribution is 2.23. The Kier molecular flexibility index (Phi) is 5.39. The molecule has 22 heavy (non-hydrogen) atoms. The molecule has 2 amide bonds. The van der Waals surface area contributed by atoms with Crippen LogP contribution in [0.15, 0.2) is 48.2 Å². The minimum Gasteiger partial charge on any atom is -1.00 e. The third-order valence-electron chi connectivity index (χ3n) is 3.88. The molecule has 1 aromatic carbocycles. The van der Waals surface area contributed by atoms with Crippen LogP contribution >= 0.6 is 0 Å². The van der Waals surface area contributed by atoms with Crippen LogP contribution in [-0.4, -0.2) is 41.8 Å². The fourth-order valence-electron chi connectivity index (χ4n) is 2.82. The number of allylic oxidation sites excluding steroid dienone is 2. The number of likely N-dealkylation sites (N-methyl/N-ethyl adjacent to an activating group) is 1. The van der Waals surface area contributed by atoms with Gasteiger partial charge in [0.25, 0.3) is 11.8 Å². The standard InChI is InChI=1S/C17H18N2O2.HI/c1-18-10-4-6-13(12-18)7-5-11-19-16(20)14-8-2-3-9-15(14)17(19)21;/h2-4,6,8-10H,5,7,11-12H2,1H3;1H/p-1. The number of halogens is 1. The van der Waals surface area contributed by atoms with Gasteiger partial charge in [0.05, 0.1) is 11.1 Å². The van der Waals surface area contributed by atoms with Gasteiger partial charge in [-0.2, -0.15) is 0 Å². The van der Waals surface area contributed by atoms with Crippen molar-refractivity contribution < 1.29 is 33.6 Å². The molecule has 0 saturated heterocycles. The first-order valence-electron chi connectivity index (χ1n) is 7.18. The Morgan fingerprint density at radius 1 is 1.09 bits per heavy atom. The van der Waals surface area contributed by atoms with E-state index >= 15 is 0 Å². The molecule has 3 rings (SSSR count). The number of nitrogens with zero attached hydrogens (tertiary/aromatic N) is 2. The Morgan fingerprint density at radius 3 is 2.32 bits per heavy atom. The van der Waals surface area contributed by atoms with Crippen molar-refractivity contribution in [2.45, 2.75) is 12.8 Å². The monoisotopic (exact) mass is 409 g/mol. The molecule has 2 aliphatic heterocycles. The Balaban J connectivity index is 0.00000176. The molecule has 4 nitrogen and oxygen atoms in total. The van der Waals surface area contributed by atoms with E-state index in [4.69, 9.17) is 0 Å².